The number of allylic oxidation sites excluding steroid dienone is 10. The summed E-state index contributed by atoms with van der Waals surface area (Å²) in [6.07, 6.45) is 23.2. The molecule has 0 fully saturated rings. The molecule has 0 spiro atoms. The van der Waals surface area contributed by atoms with Crippen molar-refractivity contribution in [1.82, 2.24) is 0 Å². The summed E-state index contributed by atoms with van der Waals surface area (Å²) in [5.41, 5.74) is 36.9. The van der Waals surface area contributed by atoms with Crippen LogP contribution in [-0.4, -0.2) is 0 Å². The van der Waals surface area contributed by atoms with Crippen LogP contribution in [0.25, 0.3) is 60.9 Å². The molecule has 0 amide bonds. The second-order valence-electron chi connectivity index (χ2n) is 27.1. The lowest BCUT2D eigenvalue weighted by Gasteiger charge is -2.44. The maximum Gasteiger partial charge on any atom is 0.0710 e. The van der Waals surface area contributed by atoms with Gasteiger partial charge in [0.15, 0.2) is 0 Å². The van der Waals surface area contributed by atoms with Crippen LogP contribution in [0.1, 0.15) is 103 Å². The van der Waals surface area contributed by atoms with E-state index in [1.165, 1.54) is 167 Å². The first-order chi connectivity index (χ1) is 45.6. The number of anilines is 3. The lowest BCUT2D eigenvalue weighted by atomic mass is 9.58. The van der Waals surface area contributed by atoms with Crippen LogP contribution >= 0.6 is 0 Å². The highest BCUT2D eigenvalue weighted by Crippen LogP contribution is 2.68. The van der Waals surface area contributed by atoms with Crippen molar-refractivity contribution in [3.05, 3.63) is 392 Å². The van der Waals surface area contributed by atoms with E-state index in [2.05, 4.69) is 308 Å². The zero-order chi connectivity index (χ0) is 60.2. The molecule has 1 aliphatic heterocycles. The minimum Gasteiger partial charge on any atom is -0.310 e. The molecule has 1 nitrogen and oxygen atoms in total. The van der Waals surface area contributed by atoms with Gasteiger partial charge in [0.2, 0.25) is 0 Å². The highest BCUT2D eigenvalue weighted by molar-refractivity contribution is 6.11. The Morgan fingerprint density at radius 2 is 0.978 bits per heavy atom. The van der Waals surface area contributed by atoms with Crippen molar-refractivity contribution in [2.75, 3.05) is 4.90 Å². The fraction of sp³-hybridized carbons (Fsp3) is 0.121. The fourth-order valence-electron chi connectivity index (χ4n) is 19.1. The van der Waals surface area contributed by atoms with Gasteiger partial charge in [0.25, 0.3) is 0 Å². The van der Waals surface area contributed by atoms with Crippen LogP contribution in [0.2, 0.25) is 0 Å². The topological polar surface area (TPSA) is 3.24 Å². The molecular weight excluding hydrogens is 1110 g/mol. The van der Waals surface area contributed by atoms with Crippen LogP contribution in [-0.2, 0) is 30.1 Å². The van der Waals surface area contributed by atoms with Crippen molar-refractivity contribution in [2.24, 2.45) is 11.8 Å². The van der Waals surface area contributed by atoms with Crippen LogP contribution in [0.15, 0.2) is 315 Å². The highest BCUT2D eigenvalue weighted by atomic mass is 15.2. The number of hydrogen-bond donors (Lipinski definition) is 0. The summed E-state index contributed by atoms with van der Waals surface area (Å²) in [5.74, 6) is 0.579. The zero-order valence-corrected chi connectivity index (χ0v) is 51.3. The van der Waals surface area contributed by atoms with Crippen molar-refractivity contribution < 1.29 is 0 Å². The molecule has 7 aliphatic carbocycles. The molecule has 0 bridgehead atoms. The standard InChI is InChI=1S/C91H65N/c1-6-26-65(27-7-1)90(66-28-8-2-9-29-66)82-51-63-50-64-52-83-81(89-77-41-23-21-39-75(77)79(60-43-45-73-62(49-60)47-58-25-17-19-37-71(58)73)54-85(89)91(83,67-30-10-3-11-31-67)68-32-12-4-13-33-68)56-87(64)92(69-34-14-5-15-35-69)86(63)55-80(82)88-76-40-22-20-38-74(76)78(53-84(88)90)59-42-44-72-61(48-59)46-57-24-16-18-36-70(57)72/h1-3,5-12,14-39,41-45,48-49,51-56,76,84,88H,4,13,40,46-47,50H2. The predicted molar refractivity (Wildman–Crippen MR) is 380 cm³/mol. The smallest absolute Gasteiger partial charge is 0.0710 e. The molecule has 0 saturated carbocycles. The maximum atomic E-state index is 2.76. The van der Waals surface area contributed by atoms with E-state index >= 15 is 0 Å². The Bertz CT molecular complexity index is 5250. The molecule has 12 aromatic rings. The Morgan fingerprint density at radius 1 is 0.402 bits per heavy atom. The summed E-state index contributed by atoms with van der Waals surface area (Å²) in [6.45, 7) is 0. The van der Waals surface area contributed by atoms with E-state index in [1.54, 1.807) is 0 Å². The van der Waals surface area contributed by atoms with Gasteiger partial charge in [-0.1, -0.05) is 273 Å². The molecule has 4 unspecified atom stereocenters. The van der Waals surface area contributed by atoms with Crippen molar-refractivity contribution >= 4 is 33.4 Å². The highest BCUT2D eigenvalue weighted by Gasteiger charge is 2.58. The number of fused-ring (bicyclic) bond motifs is 18. The summed E-state index contributed by atoms with van der Waals surface area (Å²) >= 11 is 0. The molecule has 0 N–H and O–H groups in total. The van der Waals surface area contributed by atoms with Crippen LogP contribution in [0.5, 0.6) is 0 Å². The lowest BCUT2D eigenvalue weighted by Crippen LogP contribution is -2.38. The summed E-state index contributed by atoms with van der Waals surface area (Å²) in [6, 6.07) is 102. The maximum absolute atomic E-state index is 2.76. The molecular formula is C91H65N. The Labute approximate surface area is 539 Å². The SMILES string of the molecule is C1=CCC2C(=C1)C(c1ccc3c(c1)Cc1ccccc1-3)=CC1C2c2cc3c(cc2C1(c1ccccc1)c1ccccc1)Cc1cc2c(cc1N3c1ccccc1)-c1c(cc(-c3ccc4c(c3)Cc3ccccc3-4)c3ccccc13)C2(C1=CCCC=C1)c1ccccc1. The van der Waals surface area contributed by atoms with Gasteiger partial charge in [-0.25, -0.2) is 0 Å². The van der Waals surface area contributed by atoms with E-state index in [0.717, 1.165) is 38.5 Å². The monoisotopic (exact) mass is 1170 g/mol. The van der Waals surface area contributed by atoms with Gasteiger partial charge in [0.1, 0.15) is 0 Å². The van der Waals surface area contributed by atoms with E-state index in [9.17, 15) is 0 Å². The molecule has 8 aliphatic rings. The first-order valence-electron chi connectivity index (χ1n) is 33.4. The minimum absolute atomic E-state index is 0.114. The third-order valence-corrected chi connectivity index (χ3v) is 22.7. The molecule has 1 heteroatoms. The normalized spacial score (nSPS) is 20.0. The van der Waals surface area contributed by atoms with Gasteiger partial charge in [0, 0.05) is 23.7 Å². The molecule has 0 saturated heterocycles. The molecule has 1 heterocycles. The van der Waals surface area contributed by atoms with Crippen molar-refractivity contribution in [2.45, 2.75) is 55.3 Å². The van der Waals surface area contributed by atoms with E-state index < -0.39 is 10.8 Å². The molecule has 20 rings (SSSR count). The molecule has 4 atom stereocenters. The van der Waals surface area contributed by atoms with Gasteiger partial charge in [0.05, 0.1) is 16.5 Å². The Hall–Kier alpha value is -10.6. The Kier molecular flexibility index (Phi) is 11.3. The van der Waals surface area contributed by atoms with E-state index in [-0.39, 0.29) is 17.8 Å². The second kappa shape index (κ2) is 19.9. The summed E-state index contributed by atoms with van der Waals surface area (Å²) < 4.78 is 0. The van der Waals surface area contributed by atoms with Crippen LogP contribution in [0, 0.1) is 11.8 Å². The molecule has 12 aromatic carbocycles. The Balaban J connectivity index is 0.833. The molecule has 0 radical (unpaired) electrons. The average molecular weight is 1170 g/mol. The molecule has 92 heavy (non-hydrogen) atoms. The zero-order valence-electron chi connectivity index (χ0n) is 51.3. The third-order valence-electron chi connectivity index (χ3n) is 22.7. The lowest BCUT2D eigenvalue weighted by molar-refractivity contribution is 0.345. The van der Waals surface area contributed by atoms with Gasteiger partial charge in [-0.15, -0.1) is 0 Å². The van der Waals surface area contributed by atoms with Gasteiger partial charge >= 0.3 is 0 Å². The van der Waals surface area contributed by atoms with Crippen molar-refractivity contribution in [3.63, 3.8) is 0 Å². The number of para-hydroxylation sites is 1. The summed E-state index contributed by atoms with van der Waals surface area (Å²) in [5, 5.41) is 2.59. The summed E-state index contributed by atoms with van der Waals surface area (Å²) in [4.78, 5) is 2.67. The average Bonchev–Trinajstić information content (AvgIpc) is 1.51. The van der Waals surface area contributed by atoms with E-state index in [1.807, 2.05) is 0 Å². The van der Waals surface area contributed by atoms with Gasteiger partial charge < -0.3 is 4.90 Å². The number of benzene rings is 12. The number of nitrogens with zero attached hydrogens (tertiary/aromatic N) is 1. The van der Waals surface area contributed by atoms with Gasteiger partial charge in [-0.3, -0.25) is 0 Å². The van der Waals surface area contributed by atoms with E-state index in [4.69, 9.17) is 0 Å². The van der Waals surface area contributed by atoms with Gasteiger partial charge in [-0.2, -0.15) is 0 Å². The predicted octanol–water partition coefficient (Wildman–Crippen LogP) is 22.3. The quantitative estimate of drug-likeness (QED) is 0.154. The van der Waals surface area contributed by atoms with Crippen LogP contribution in [0.4, 0.5) is 17.1 Å². The second-order valence-corrected chi connectivity index (χ2v) is 27.1. The van der Waals surface area contributed by atoms with Gasteiger partial charge in [-0.05, 0) is 224 Å². The number of hydrogen-bond acceptors (Lipinski definition) is 1. The third kappa shape index (κ3) is 7.25. The van der Waals surface area contributed by atoms with Crippen LogP contribution < -0.4 is 4.90 Å². The molecule has 0 aromatic heterocycles. The first-order valence-corrected chi connectivity index (χ1v) is 33.4. The fourth-order valence-corrected chi connectivity index (χ4v) is 19.1. The van der Waals surface area contributed by atoms with Crippen molar-refractivity contribution in [1.29, 1.82) is 0 Å². The Morgan fingerprint density at radius 3 is 1.66 bits per heavy atom. The largest absolute Gasteiger partial charge is 0.310 e. The first kappa shape index (κ1) is 52.2. The summed E-state index contributed by atoms with van der Waals surface area (Å²) in [7, 11) is 0. The number of rotatable bonds is 7. The molecule has 434 valence electrons. The van der Waals surface area contributed by atoms with Crippen LogP contribution in [0.3, 0.4) is 0 Å². The minimum atomic E-state index is -0.600. The van der Waals surface area contributed by atoms with E-state index in [0.29, 0.717) is 0 Å². The van der Waals surface area contributed by atoms with Crippen molar-refractivity contribution in [3.8, 4) is 44.5 Å².